The number of hydrogen-bond donors (Lipinski definition) is 0. The first-order chi connectivity index (χ1) is 10.8. The summed E-state index contributed by atoms with van der Waals surface area (Å²) in [5.41, 5.74) is -0.165. The minimum Gasteiger partial charge on any atom is -0.293 e. The molecule has 1 aromatic carbocycles. The van der Waals surface area contributed by atoms with Crippen LogP contribution in [0.3, 0.4) is 0 Å². The molecule has 2 nitrogen and oxygen atoms in total. The molecule has 1 aliphatic heterocycles. The van der Waals surface area contributed by atoms with E-state index in [9.17, 15) is 18.0 Å². The predicted octanol–water partition coefficient (Wildman–Crippen LogP) is 4.66. The third-order valence-electron chi connectivity index (χ3n) is 3.14. The van der Waals surface area contributed by atoms with Crippen molar-refractivity contribution in [3.8, 4) is 0 Å². The second-order valence-corrected chi connectivity index (χ2v) is 7.46. The minimum atomic E-state index is -4.36. The highest BCUT2D eigenvalue weighted by molar-refractivity contribution is 8.26. The van der Waals surface area contributed by atoms with Crippen LogP contribution in [-0.4, -0.2) is 33.7 Å². The van der Waals surface area contributed by atoms with Crippen LogP contribution < -0.4 is 0 Å². The van der Waals surface area contributed by atoms with Gasteiger partial charge in [-0.25, -0.2) is 0 Å². The highest BCUT2D eigenvalue weighted by Crippen LogP contribution is 2.33. The number of thiocarbonyl (C=S) groups is 1. The largest absolute Gasteiger partial charge is 0.416 e. The van der Waals surface area contributed by atoms with Gasteiger partial charge in [0.15, 0.2) is 0 Å². The molecule has 0 aromatic heterocycles. The molecule has 1 saturated heterocycles. The molecular weight excluding hydrogens is 363 g/mol. The normalized spacial score (nSPS) is 17.4. The number of nitrogens with zero attached hydrogens (tertiary/aromatic N) is 1. The maximum absolute atomic E-state index is 12.5. The minimum absolute atomic E-state index is 0.180. The molecule has 0 bridgehead atoms. The Morgan fingerprint density at radius 3 is 2.52 bits per heavy atom. The van der Waals surface area contributed by atoms with Crippen molar-refractivity contribution >= 4 is 52.0 Å². The molecular formula is C15H14F3NOS3. The van der Waals surface area contributed by atoms with Gasteiger partial charge in [-0.1, -0.05) is 36.1 Å². The molecule has 0 saturated carbocycles. The number of benzene rings is 1. The molecule has 0 N–H and O–H groups in total. The molecule has 0 atom stereocenters. The summed E-state index contributed by atoms with van der Waals surface area (Å²) in [7, 11) is 0. The zero-order valence-electron chi connectivity index (χ0n) is 12.2. The Morgan fingerprint density at radius 1 is 1.30 bits per heavy atom. The SMILES string of the molecule is CSCCCN1C(=O)C(=Cc2ccc(C(F)(F)F)cc2)SC1=S. The van der Waals surface area contributed by atoms with Crippen LogP contribution in [0.1, 0.15) is 17.5 Å². The average Bonchev–Trinajstić information content (AvgIpc) is 2.74. The van der Waals surface area contributed by atoms with Crippen LogP contribution in [0.15, 0.2) is 29.2 Å². The Bertz CT molecular complexity index is 626. The number of carbonyl (C=O) groups is 1. The van der Waals surface area contributed by atoms with E-state index in [0.717, 1.165) is 24.3 Å². The van der Waals surface area contributed by atoms with Crippen LogP contribution >= 0.6 is 35.7 Å². The molecule has 0 unspecified atom stereocenters. The lowest BCUT2D eigenvalue weighted by Crippen LogP contribution is -2.29. The Morgan fingerprint density at radius 2 is 1.96 bits per heavy atom. The number of thioether (sulfide) groups is 2. The maximum atomic E-state index is 12.5. The molecule has 0 aliphatic carbocycles. The van der Waals surface area contributed by atoms with E-state index in [2.05, 4.69) is 0 Å². The van der Waals surface area contributed by atoms with Crippen molar-refractivity contribution in [2.45, 2.75) is 12.6 Å². The van der Waals surface area contributed by atoms with Crippen LogP contribution in [0.25, 0.3) is 6.08 Å². The number of carbonyl (C=O) groups excluding carboxylic acids is 1. The summed E-state index contributed by atoms with van der Waals surface area (Å²) in [6, 6.07) is 4.71. The van der Waals surface area contributed by atoms with E-state index in [4.69, 9.17) is 12.2 Å². The predicted molar refractivity (Wildman–Crippen MR) is 94.3 cm³/mol. The third-order valence-corrected chi connectivity index (χ3v) is 5.21. The zero-order chi connectivity index (χ0) is 17.0. The van der Waals surface area contributed by atoms with Crippen molar-refractivity contribution in [2.75, 3.05) is 18.6 Å². The van der Waals surface area contributed by atoms with Crippen LogP contribution in [0, 0.1) is 0 Å². The second kappa shape index (κ2) is 7.72. The van der Waals surface area contributed by atoms with Crippen molar-refractivity contribution in [1.29, 1.82) is 0 Å². The summed E-state index contributed by atoms with van der Waals surface area (Å²) in [6.45, 7) is 0.565. The van der Waals surface area contributed by atoms with E-state index >= 15 is 0 Å². The average molecular weight is 377 g/mol. The number of halogens is 3. The van der Waals surface area contributed by atoms with E-state index in [-0.39, 0.29) is 5.91 Å². The number of hydrogen-bond acceptors (Lipinski definition) is 4. The Labute approximate surface area is 146 Å². The summed E-state index contributed by atoms with van der Waals surface area (Å²) in [4.78, 5) is 14.3. The molecule has 1 aromatic rings. The summed E-state index contributed by atoms with van der Waals surface area (Å²) in [6.07, 6.45) is 0.0588. The van der Waals surface area contributed by atoms with Crippen molar-refractivity contribution < 1.29 is 18.0 Å². The third kappa shape index (κ3) is 4.74. The lowest BCUT2D eigenvalue weighted by atomic mass is 10.1. The van der Waals surface area contributed by atoms with Gasteiger partial charge in [-0.2, -0.15) is 24.9 Å². The van der Waals surface area contributed by atoms with Crippen molar-refractivity contribution in [1.82, 2.24) is 4.90 Å². The molecule has 23 heavy (non-hydrogen) atoms. The fourth-order valence-electron chi connectivity index (χ4n) is 1.98. The Kier molecular flexibility index (Phi) is 6.16. The zero-order valence-corrected chi connectivity index (χ0v) is 14.7. The molecule has 2 rings (SSSR count). The van der Waals surface area contributed by atoms with Gasteiger partial charge in [0.05, 0.1) is 10.5 Å². The van der Waals surface area contributed by atoms with Gasteiger partial charge in [0.1, 0.15) is 4.32 Å². The van der Waals surface area contributed by atoms with Crippen LogP contribution in [0.5, 0.6) is 0 Å². The topological polar surface area (TPSA) is 20.3 Å². The second-order valence-electron chi connectivity index (χ2n) is 4.80. The molecule has 1 fully saturated rings. The number of rotatable bonds is 5. The summed E-state index contributed by atoms with van der Waals surface area (Å²) in [5.74, 6) is 0.760. The van der Waals surface area contributed by atoms with Gasteiger partial charge in [0.25, 0.3) is 5.91 Å². The molecule has 0 spiro atoms. The van der Waals surface area contributed by atoms with E-state index in [0.29, 0.717) is 21.3 Å². The number of amides is 1. The van der Waals surface area contributed by atoms with Crippen LogP contribution in [-0.2, 0) is 11.0 Å². The molecule has 1 heterocycles. The summed E-state index contributed by atoms with van der Waals surface area (Å²) < 4.78 is 38.1. The van der Waals surface area contributed by atoms with Gasteiger partial charge in [-0.3, -0.25) is 9.69 Å². The lowest BCUT2D eigenvalue weighted by molar-refractivity contribution is -0.137. The first-order valence-electron chi connectivity index (χ1n) is 6.74. The quantitative estimate of drug-likeness (QED) is 0.422. The van der Waals surface area contributed by atoms with Gasteiger partial charge in [-0.05, 0) is 42.2 Å². The van der Waals surface area contributed by atoms with Gasteiger partial charge >= 0.3 is 6.18 Å². The van der Waals surface area contributed by atoms with Crippen molar-refractivity contribution in [3.05, 3.63) is 40.3 Å². The van der Waals surface area contributed by atoms with E-state index in [1.807, 2.05) is 6.26 Å². The summed E-state index contributed by atoms with van der Waals surface area (Å²) >= 11 is 8.09. The van der Waals surface area contributed by atoms with E-state index in [1.165, 1.54) is 23.9 Å². The van der Waals surface area contributed by atoms with Crippen molar-refractivity contribution in [2.24, 2.45) is 0 Å². The standard InChI is InChI=1S/C15H14F3NOS3/c1-22-8-2-7-19-13(20)12(23-14(19)21)9-10-3-5-11(6-4-10)15(16,17)18/h3-6,9H,2,7-8H2,1H3. The summed E-state index contributed by atoms with van der Waals surface area (Å²) in [5, 5.41) is 0. The Balaban J connectivity index is 2.11. The van der Waals surface area contributed by atoms with Gasteiger partial charge in [0.2, 0.25) is 0 Å². The van der Waals surface area contributed by atoms with Crippen LogP contribution in [0.2, 0.25) is 0 Å². The highest BCUT2D eigenvalue weighted by Gasteiger charge is 2.32. The van der Waals surface area contributed by atoms with E-state index in [1.54, 1.807) is 22.7 Å². The fourth-order valence-corrected chi connectivity index (χ4v) is 3.71. The fraction of sp³-hybridized carbons (Fsp3) is 0.333. The number of alkyl halides is 3. The lowest BCUT2D eigenvalue weighted by Gasteiger charge is -2.13. The molecule has 1 aliphatic rings. The molecule has 124 valence electrons. The Hall–Kier alpha value is -0.990. The maximum Gasteiger partial charge on any atom is 0.416 e. The molecule has 0 radical (unpaired) electrons. The van der Waals surface area contributed by atoms with Gasteiger partial charge < -0.3 is 0 Å². The highest BCUT2D eigenvalue weighted by atomic mass is 32.2. The molecule has 8 heteroatoms. The first-order valence-corrected chi connectivity index (χ1v) is 9.36. The smallest absolute Gasteiger partial charge is 0.293 e. The van der Waals surface area contributed by atoms with Crippen molar-refractivity contribution in [3.63, 3.8) is 0 Å². The van der Waals surface area contributed by atoms with Crippen LogP contribution in [0.4, 0.5) is 13.2 Å². The van der Waals surface area contributed by atoms with E-state index < -0.39 is 11.7 Å². The first kappa shape index (κ1) is 18.4. The van der Waals surface area contributed by atoms with Gasteiger partial charge in [0, 0.05) is 6.54 Å². The monoisotopic (exact) mass is 377 g/mol. The molecule has 1 amide bonds. The van der Waals surface area contributed by atoms with Gasteiger partial charge in [-0.15, -0.1) is 0 Å².